The molecule has 1 aromatic heterocycles. The van der Waals surface area contributed by atoms with Gasteiger partial charge in [0, 0.05) is 37.4 Å². The van der Waals surface area contributed by atoms with Gasteiger partial charge in [0.1, 0.15) is 0 Å². The van der Waals surface area contributed by atoms with Gasteiger partial charge in [0.2, 0.25) is 5.91 Å². The number of nitrogens with two attached hydrogens (primary N) is 1. The minimum Gasteiger partial charge on any atom is -0.381 e. The molecule has 0 radical (unpaired) electrons. The summed E-state index contributed by atoms with van der Waals surface area (Å²) in [4.78, 5) is 16.2. The zero-order valence-corrected chi connectivity index (χ0v) is 14.8. The van der Waals surface area contributed by atoms with Crippen LogP contribution in [-0.4, -0.2) is 30.6 Å². The van der Waals surface area contributed by atoms with Crippen LogP contribution in [0.3, 0.4) is 0 Å². The number of carbonyl (C=O) groups is 1. The van der Waals surface area contributed by atoms with Gasteiger partial charge in [-0.15, -0.1) is 0 Å². The number of benzene rings is 1. The molecule has 0 spiro atoms. The second-order valence-electron chi connectivity index (χ2n) is 7.00. The lowest BCUT2D eigenvalue weighted by molar-refractivity contribution is -0.136. The minimum absolute atomic E-state index is 0.0444. The molecule has 5 nitrogen and oxygen atoms in total. The molecule has 0 bridgehead atoms. The number of carbonyl (C=O) groups excluding carboxylic acids is 1. The van der Waals surface area contributed by atoms with Gasteiger partial charge in [0.25, 0.3) is 0 Å². The SMILES string of the molecule is Cc1cc(CNC(=O)C2(CN)CCOCC2)c2[nH]c(C)c(C)c2c1. The Morgan fingerprint density at radius 1 is 1.29 bits per heavy atom. The summed E-state index contributed by atoms with van der Waals surface area (Å²) in [5, 5.41) is 4.35. The Bertz CT molecular complexity index is 758. The fourth-order valence-electron chi connectivity index (χ4n) is 3.58. The standard InChI is InChI=1S/C19H27N3O2/c1-12-8-15(17-16(9-12)13(2)14(3)22-17)10-21-18(23)19(11-20)4-6-24-7-5-19/h8-9,22H,4-7,10-11,20H2,1-3H3,(H,21,23). The predicted molar refractivity (Wildman–Crippen MR) is 95.9 cm³/mol. The number of aromatic nitrogens is 1. The van der Waals surface area contributed by atoms with E-state index in [0.29, 0.717) is 39.1 Å². The van der Waals surface area contributed by atoms with Crippen molar-refractivity contribution in [1.82, 2.24) is 10.3 Å². The molecule has 130 valence electrons. The number of hydrogen-bond acceptors (Lipinski definition) is 3. The highest BCUT2D eigenvalue weighted by molar-refractivity contribution is 5.89. The number of amides is 1. The molecule has 5 heteroatoms. The van der Waals surface area contributed by atoms with Crippen molar-refractivity contribution in [2.45, 2.75) is 40.2 Å². The first-order valence-electron chi connectivity index (χ1n) is 8.61. The van der Waals surface area contributed by atoms with Gasteiger partial charge < -0.3 is 20.8 Å². The van der Waals surface area contributed by atoms with Gasteiger partial charge in [0.05, 0.1) is 10.9 Å². The number of aryl methyl sites for hydroxylation is 3. The topological polar surface area (TPSA) is 80.1 Å². The quantitative estimate of drug-likeness (QED) is 0.806. The molecule has 1 aliphatic heterocycles. The average Bonchev–Trinajstić information content (AvgIpc) is 2.88. The summed E-state index contributed by atoms with van der Waals surface area (Å²) < 4.78 is 5.39. The number of ether oxygens (including phenoxy) is 1. The van der Waals surface area contributed by atoms with Gasteiger partial charge in [-0.2, -0.15) is 0 Å². The Morgan fingerprint density at radius 2 is 2.00 bits per heavy atom. The van der Waals surface area contributed by atoms with Crippen molar-refractivity contribution < 1.29 is 9.53 Å². The molecule has 24 heavy (non-hydrogen) atoms. The first-order chi connectivity index (χ1) is 11.5. The molecular weight excluding hydrogens is 302 g/mol. The Kier molecular flexibility index (Phi) is 4.65. The van der Waals surface area contributed by atoms with E-state index < -0.39 is 5.41 Å². The molecule has 0 unspecified atom stereocenters. The van der Waals surface area contributed by atoms with Crippen molar-refractivity contribution >= 4 is 16.8 Å². The second kappa shape index (κ2) is 6.57. The van der Waals surface area contributed by atoms with E-state index in [0.717, 1.165) is 11.1 Å². The molecule has 0 saturated carbocycles. The van der Waals surface area contributed by atoms with Gasteiger partial charge in [-0.1, -0.05) is 11.6 Å². The first kappa shape index (κ1) is 17.0. The normalized spacial score (nSPS) is 17.2. The lowest BCUT2D eigenvalue weighted by Crippen LogP contribution is -2.49. The average molecular weight is 329 g/mol. The number of hydrogen-bond donors (Lipinski definition) is 3. The summed E-state index contributed by atoms with van der Waals surface area (Å²) in [5.41, 5.74) is 11.3. The van der Waals surface area contributed by atoms with E-state index in [1.165, 1.54) is 22.2 Å². The second-order valence-corrected chi connectivity index (χ2v) is 7.00. The van der Waals surface area contributed by atoms with Crippen molar-refractivity contribution in [3.05, 3.63) is 34.5 Å². The van der Waals surface area contributed by atoms with E-state index in [1.54, 1.807) is 0 Å². The van der Waals surface area contributed by atoms with Gasteiger partial charge in [-0.3, -0.25) is 4.79 Å². The molecule has 1 aromatic carbocycles. The molecule has 3 rings (SSSR count). The van der Waals surface area contributed by atoms with Gasteiger partial charge in [-0.25, -0.2) is 0 Å². The summed E-state index contributed by atoms with van der Waals surface area (Å²) in [6.45, 7) is 8.39. The van der Waals surface area contributed by atoms with Crippen molar-refractivity contribution in [3.8, 4) is 0 Å². The molecule has 1 amide bonds. The Hall–Kier alpha value is -1.85. The van der Waals surface area contributed by atoms with E-state index in [4.69, 9.17) is 10.5 Å². The number of nitrogens with one attached hydrogen (secondary N) is 2. The Morgan fingerprint density at radius 3 is 2.67 bits per heavy atom. The molecule has 0 atom stereocenters. The van der Waals surface area contributed by atoms with Crippen LogP contribution in [0.2, 0.25) is 0 Å². The summed E-state index contributed by atoms with van der Waals surface area (Å²) in [6.07, 6.45) is 1.39. The zero-order valence-electron chi connectivity index (χ0n) is 14.8. The van der Waals surface area contributed by atoms with Crippen LogP contribution < -0.4 is 11.1 Å². The van der Waals surface area contributed by atoms with E-state index in [2.05, 4.69) is 43.2 Å². The monoisotopic (exact) mass is 329 g/mol. The van der Waals surface area contributed by atoms with Crippen molar-refractivity contribution in [1.29, 1.82) is 0 Å². The van der Waals surface area contributed by atoms with Crippen LogP contribution in [0.1, 0.15) is 35.2 Å². The maximum absolute atomic E-state index is 12.8. The lowest BCUT2D eigenvalue weighted by Gasteiger charge is -2.34. The minimum atomic E-state index is -0.483. The predicted octanol–water partition coefficient (Wildman–Crippen LogP) is 2.46. The van der Waals surface area contributed by atoms with Crippen LogP contribution in [-0.2, 0) is 16.1 Å². The third-order valence-electron chi connectivity index (χ3n) is 5.41. The summed E-state index contributed by atoms with van der Waals surface area (Å²) in [7, 11) is 0. The summed E-state index contributed by atoms with van der Waals surface area (Å²) in [5.74, 6) is 0.0444. The zero-order chi connectivity index (χ0) is 17.3. The van der Waals surface area contributed by atoms with E-state index in [1.807, 2.05) is 0 Å². The highest BCUT2D eigenvalue weighted by Crippen LogP contribution is 2.30. The van der Waals surface area contributed by atoms with Gasteiger partial charge in [0.15, 0.2) is 0 Å². The third kappa shape index (κ3) is 2.94. The van der Waals surface area contributed by atoms with Crippen LogP contribution >= 0.6 is 0 Å². The number of aromatic amines is 1. The van der Waals surface area contributed by atoms with Crippen molar-refractivity contribution in [2.75, 3.05) is 19.8 Å². The maximum Gasteiger partial charge on any atom is 0.227 e. The van der Waals surface area contributed by atoms with Crippen LogP contribution in [0.5, 0.6) is 0 Å². The largest absolute Gasteiger partial charge is 0.381 e. The van der Waals surface area contributed by atoms with E-state index >= 15 is 0 Å². The smallest absolute Gasteiger partial charge is 0.227 e. The molecule has 2 heterocycles. The van der Waals surface area contributed by atoms with Gasteiger partial charge >= 0.3 is 0 Å². The van der Waals surface area contributed by atoms with Crippen LogP contribution in [0.4, 0.5) is 0 Å². The molecule has 0 aliphatic carbocycles. The van der Waals surface area contributed by atoms with Gasteiger partial charge in [-0.05, 0) is 50.8 Å². The van der Waals surface area contributed by atoms with Crippen LogP contribution in [0.25, 0.3) is 10.9 Å². The van der Waals surface area contributed by atoms with E-state index in [9.17, 15) is 4.79 Å². The van der Waals surface area contributed by atoms with Crippen molar-refractivity contribution in [2.24, 2.45) is 11.1 Å². The highest BCUT2D eigenvalue weighted by atomic mass is 16.5. The van der Waals surface area contributed by atoms with E-state index in [-0.39, 0.29) is 5.91 Å². The maximum atomic E-state index is 12.8. The highest BCUT2D eigenvalue weighted by Gasteiger charge is 2.38. The fraction of sp³-hybridized carbons (Fsp3) is 0.526. The molecule has 2 aromatic rings. The third-order valence-corrected chi connectivity index (χ3v) is 5.41. The number of H-pyrrole nitrogens is 1. The number of rotatable bonds is 4. The summed E-state index contributed by atoms with van der Waals surface area (Å²) >= 11 is 0. The lowest BCUT2D eigenvalue weighted by atomic mass is 9.79. The Balaban J connectivity index is 1.83. The fourth-order valence-corrected chi connectivity index (χ4v) is 3.58. The Labute approximate surface area is 142 Å². The van der Waals surface area contributed by atoms with Crippen LogP contribution in [0.15, 0.2) is 12.1 Å². The first-order valence-corrected chi connectivity index (χ1v) is 8.61. The summed E-state index contributed by atoms with van der Waals surface area (Å²) in [6, 6.07) is 4.33. The molecule has 1 aliphatic rings. The van der Waals surface area contributed by atoms with Crippen LogP contribution in [0, 0.1) is 26.2 Å². The van der Waals surface area contributed by atoms with Crippen molar-refractivity contribution in [3.63, 3.8) is 0 Å². The molecule has 4 N–H and O–H groups in total. The number of fused-ring (bicyclic) bond motifs is 1. The molecular formula is C19H27N3O2. The molecule has 1 saturated heterocycles. The molecule has 1 fully saturated rings.